The van der Waals surface area contributed by atoms with Gasteiger partial charge in [-0.1, -0.05) is 29.8 Å². The number of aryl methyl sites for hydroxylation is 1. The van der Waals surface area contributed by atoms with E-state index in [-0.39, 0.29) is 30.0 Å². The minimum atomic E-state index is -4.57. The third-order valence-electron chi connectivity index (χ3n) is 4.14. The lowest BCUT2D eigenvalue weighted by Crippen LogP contribution is -2.21. The predicted octanol–water partition coefficient (Wildman–Crippen LogP) is 4.96. The number of esters is 1. The average molecular weight is 457 g/mol. The molecule has 0 saturated carbocycles. The summed E-state index contributed by atoms with van der Waals surface area (Å²) in [7, 11) is 0. The number of nitrogens with one attached hydrogen (secondary N) is 2. The van der Waals surface area contributed by atoms with Gasteiger partial charge in [0.05, 0.1) is 16.3 Å². The maximum Gasteiger partial charge on any atom is 0.416 e. The Morgan fingerprint density at radius 2 is 1.65 bits per heavy atom. The molecule has 0 heterocycles. The van der Waals surface area contributed by atoms with Crippen molar-refractivity contribution in [2.45, 2.75) is 32.4 Å². The second-order valence-corrected chi connectivity index (χ2v) is 7.03. The first-order chi connectivity index (χ1) is 14.6. The molecule has 0 radical (unpaired) electrons. The molecule has 10 heteroatoms. The highest BCUT2D eigenvalue weighted by Crippen LogP contribution is 2.33. The van der Waals surface area contributed by atoms with Crippen LogP contribution in [0.3, 0.4) is 0 Å². The van der Waals surface area contributed by atoms with Gasteiger partial charge in [0.1, 0.15) is 0 Å². The number of hydrogen-bond acceptors (Lipinski definition) is 4. The van der Waals surface area contributed by atoms with E-state index in [0.29, 0.717) is 5.69 Å². The molecular weight excluding hydrogens is 437 g/mol. The zero-order valence-corrected chi connectivity index (χ0v) is 17.3. The number of rotatable bonds is 8. The Bertz CT molecular complexity index is 964. The number of carbonyl (C=O) groups is 3. The molecule has 0 spiro atoms. The highest BCUT2D eigenvalue weighted by molar-refractivity contribution is 6.33. The van der Waals surface area contributed by atoms with Gasteiger partial charge in [-0.2, -0.15) is 13.2 Å². The molecule has 0 aromatic heterocycles. The number of halogens is 4. The van der Waals surface area contributed by atoms with Gasteiger partial charge >= 0.3 is 12.1 Å². The zero-order chi connectivity index (χ0) is 23.0. The lowest BCUT2D eigenvalue weighted by atomic mass is 10.2. The molecule has 2 N–H and O–H groups in total. The smallest absolute Gasteiger partial charge is 0.416 e. The van der Waals surface area contributed by atoms with Gasteiger partial charge in [-0.25, -0.2) is 0 Å². The lowest BCUT2D eigenvalue weighted by molar-refractivity contribution is -0.147. The first-order valence-corrected chi connectivity index (χ1v) is 9.62. The largest absolute Gasteiger partial charge is 0.456 e. The summed E-state index contributed by atoms with van der Waals surface area (Å²) < 4.78 is 43.2. The summed E-state index contributed by atoms with van der Waals surface area (Å²) in [5.74, 6) is -1.78. The second kappa shape index (κ2) is 10.8. The Balaban J connectivity index is 1.73. The summed E-state index contributed by atoms with van der Waals surface area (Å²) in [6.07, 6.45) is -4.77. The second-order valence-electron chi connectivity index (χ2n) is 6.62. The van der Waals surface area contributed by atoms with Crippen molar-refractivity contribution in [3.63, 3.8) is 0 Å². The van der Waals surface area contributed by atoms with Gasteiger partial charge in [-0.05, 0) is 43.2 Å². The molecule has 31 heavy (non-hydrogen) atoms. The van der Waals surface area contributed by atoms with E-state index in [1.807, 2.05) is 19.1 Å². The van der Waals surface area contributed by atoms with Crippen molar-refractivity contribution in [3.8, 4) is 0 Å². The highest BCUT2D eigenvalue weighted by Gasteiger charge is 2.31. The Labute approximate surface area is 181 Å². The number of amides is 2. The quantitative estimate of drug-likeness (QED) is 0.550. The first-order valence-electron chi connectivity index (χ1n) is 9.24. The van der Waals surface area contributed by atoms with E-state index in [1.165, 1.54) is 0 Å². The number of anilines is 2. The first kappa shape index (κ1) is 24.2. The molecule has 0 atom stereocenters. The van der Waals surface area contributed by atoms with E-state index < -0.39 is 36.1 Å². The Hall–Kier alpha value is -3.07. The van der Waals surface area contributed by atoms with Crippen molar-refractivity contribution < 1.29 is 32.3 Å². The maximum absolute atomic E-state index is 12.8. The molecule has 6 nitrogen and oxygen atoms in total. The van der Waals surface area contributed by atoms with E-state index >= 15 is 0 Å². The summed E-state index contributed by atoms with van der Waals surface area (Å²) in [4.78, 5) is 35.5. The molecule has 0 unspecified atom stereocenters. The van der Waals surface area contributed by atoms with Gasteiger partial charge < -0.3 is 15.4 Å². The summed E-state index contributed by atoms with van der Waals surface area (Å²) in [6.45, 7) is 1.35. The fourth-order valence-electron chi connectivity index (χ4n) is 2.52. The summed E-state index contributed by atoms with van der Waals surface area (Å²) in [6, 6.07) is 9.70. The van der Waals surface area contributed by atoms with E-state index in [9.17, 15) is 27.6 Å². The third-order valence-corrected chi connectivity index (χ3v) is 4.47. The number of para-hydroxylation sites is 1. The maximum atomic E-state index is 12.8. The molecule has 0 fully saturated rings. The lowest BCUT2D eigenvalue weighted by Gasteiger charge is -2.11. The van der Waals surface area contributed by atoms with Gasteiger partial charge in [0.25, 0.3) is 5.91 Å². The molecule has 2 amide bonds. The van der Waals surface area contributed by atoms with Crippen LogP contribution in [0.4, 0.5) is 24.5 Å². The molecule has 0 aliphatic carbocycles. The van der Waals surface area contributed by atoms with Crippen LogP contribution in [0.5, 0.6) is 0 Å². The molecule has 0 saturated heterocycles. The Kier molecular flexibility index (Phi) is 8.44. The Morgan fingerprint density at radius 3 is 2.32 bits per heavy atom. The number of carbonyl (C=O) groups excluding carboxylic acids is 3. The predicted molar refractivity (Wildman–Crippen MR) is 110 cm³/mol. The topological polar surface area (TPSA) is 84.5 Å². The van der Waals surface area contributed by atoms with Crippen LogP contribution in [0.2, 0.25) is 5.02 Å². The van der Waals surface area contributed by atoms with Crippen molar-refractivity contribution >= 4 is 40.8 Å². The molecule has 0 aliphatic heterocycles. The minimum absolute atomic E-state index is 0.0413. The van der Waals surface area contributed by atoms with E-state index in [0.717, 1.165) is 23.8 Å². The average Bonchev–Trinajstić information content (AvgIpc) is 2.69. The third kappa shape index (κ3) is 7.93. The van der Waals surface area contributed by atoms with Crippen LogP contribution in [-0.2, 0) is 25.3 Å². The van der Waals surface area contributed by atoms with Gasteiger partial charge in [0.2, 0.25) is 5.91 Å². The van der Waals surface area contributed by atoms with Crippen molar-refractivity contribution in [3.05, 3.63) is 58.6 Å². The van der Waals surface area contributed by atoms with Crippen LogP contribution < -0.4 is 10.6 Å². The van der Waals surface area contributed by atoms with Gasteiger partial charge in [0, 0.05) is 18.5 Å². The van der Waals surface area contributed by atoms with Crippen molar-refractivity contribution in [2.24, 2.45) is 0 Å². The van der Waals surface area contributed by atoms with Crippen LogP contribution in [0, 0.1) is 6.92 Å². The van der Waals surface area contributed by atoms with Gasteiger partial charge in [-0.3, -0.25) is 14.4 Å². The van der Waals surface area contributed by atoms with Crippen molar-refractivity contribution in [1.82, 2.24) is 0 Å². The van der Waals surface area contributed by atoms with Gasteiger partial charge in [-0.15, -0.1) is 0 Å². The van der Waals surface area contributed by atoms with Crippen LogP contribution in [0.15, 0.2) is 42.5 Å². The van der Waals surface area contributed by atoms with Crippen LogP contribution in [0.25, 0.3) is 0 Å². The SMILES string of the molecule is Cc1ccccc1NC(=O)COC(=O)CCCC(=O)Nc1cc(C(F)(F)F)ccc1Cl. The highest BCUT2D eigenvalue weighted by atomic mass is 35.5. The van der Waals surface area contributed by atoms with E-state index in [1.54, 1.807) is 12.1 Å². The minimum Gasteiger partial charge on any atom is -0.456 e. The number of alkyl halides is 3. The van der Waals surface area contributed by atoms with Crippen molar-refractivity contribution in [2.75, 3.05) is 17.2 Å². The molecule has 2 aromatic carbocycles. The standard InChI is InChI=1S/C21H20ClF3N2O4/c1-13-5-2-3-6-16(13)26-19(29)12-31-20(30)8-4-7-18(28)27-17-11-14(21(23,24)25)9-10-15(17)22/h2-3,5-6,9-11H,4,7-8,12H2,1H3,(H,26,29)(H,27,28). The Morgan fingerprint density at radius 1 is 0.968 bits per heavy atom. The number of hydrogen-bond donors (Lipinski definition) is 2. The molecule has 2 aromatic rings. The number of ether oxygens (including phenoxy) is 1. The summed E-state index contributed by atoms with van der Waals surface area (Å²) >= 11 is 5.82. The van der Waals surface area contributed by atoms with E-state index in [4.69, 9.17) is 16.3 Å². The zero-order valence-electron chi connectivity index (χ0n) is 16.5. The number of benzene rings is 2. The normalized spacial score (nSPS) is 11.0. The fraction of sp³-hybridized carbons (Fsp3) is 0.286. The van der Waals surface area contributed by atoms with E-state index in [2.05, 4.69) is 10.6 Å². The van der Waals surface area contributed by atoms with Crippen LogP contribution in [0.1, 0.15) is 30.4 Å². The van der Waals surface area contributed by atoms with Crippen LogP contribution in [-0.4, -0.2) is 24.4 Å². The molecule has 0 bridgehead atoms. The summed E-state index contributed by atoms with van der Waals surface area (Å²) in [5, 5.41) is 4.87. The molecule has 2 rings (SSSR count). The fourth-order valence-corrected chi connectivity index (χ4v) is 2.69. The van der Waals surface area contributed by atoms with Gasteiger partial charge in [0.15, 0.2) is 6.61 Å². The monoisotopic (exact) mass is 456 g/mol. The molecule has 166 valence electrons. The molecule has 0 aliphatic rings. The van der Waals surface area contributed by atoms with Crippen LogP contribution >= 0.6 is 11.6 Å². The summed E-state index contributed by atoms with van der Waals surface area (Å²) in [5.41, 5.74) is 0.347. The molecular formula is C21H20ClF3N2O4. The van der Waals surface area contributed by atoms with Crippen molar-refractivity contribution in [1.29, 1.82) is 0 Å².